The third-order valence-corrected chi connectivity index (χ3v) is 9.97. The van der Waals surface area contributed by atoms with Crippen molar-refractivity contribution in [2.24, 2.45) is 51.8 Å². The van der Waals surface area contributed by atoms with Crippen LogP contribution in [0.1, 0.15) is 146 Å². The molecule has 1 unspecified atom stereocenters. The first-order chi connectivity index (χ1) is 16.1. The van der Waals surface area contributed by atoms with Crippen molar-refractivity contribution in [3.8, 4) is 0 Å². The molecule has 2 rings (SSSR count). The van der Waals surface area contributed by atoms with Gasteiger partial charge in [0.05, 0.1) is 0 Å². The molecule has 0 aromatic heterocycles. The summed E-state index contributed by atoms with van der Waals surface area (Å²) >= 11 is 0. The van der Waals surface area contributed by atoms with Gasteiger partial charge in [-0.15, -0.1) is 0 Å². The topological polar surface area (TPSA) is 34.1 Å². The summed E-state index contributed by atoms with van der Waals surface area (Å²) in [5, 5.41) is 0. The van der Waals surface area contributed by atoms with Gasteiger partial charge >= 0.3 is 0 Å². The summed E-state index contributed by atoms with van der Waals surface area (Å²) in [4.78, 5) is 26.2. The van der Waals surface area contributed by atoms with Crippen LogP contribution in [-0.2, 0) is 9.59 Å². The molecule has 2 aliphatic rings. The van der Waals surface area contributed by atoms with Gasteiger partial charge in [0.15, 0.2) is 0 Å². The quantitative estimate of drug-likeness (QED) is 0.290. The average Bonchev–Trinajstić information content (AvgIpc) is 2.77. The summed E-state index contributed by atoms with van der Waals surface area (Å²) in [5.74, 6) is 4.67. The van der Waals surface area contributed by atoms with E-state index in [1.165, 1.54) is 38.5 Å². The Morgan fingerprint density at radius 3 is 1.66 bits per heavy atom. The summed E-state index contributed by atoms with van der Waals surface area (Å²) in [6, 6.07) is 0. The first kappa shape index (κ1) is 30.6. The van der Waals surface area contributed by atoms with Crippen LogP contribution >= 0.6 is 0 Å². The highest BCUT2D eigenvalue weighted by Gasteiger charge is 2.39. The number of ketones is 2. The van der Waals surface area contributed by atoms with Crippen molar-refractivity contribution in [2.75, 3.05) is 0 Å². The van der Waals surface area contributed by atoms with Crippen LogP contribution in [-0.4, -0.2) is 11.6 Å². The maximum atomic E-state index is 13.6. The zero-order valence-electron chi connectivity index (χ0n) is 25.3. The monoisotopic (exact) mass is 488 g/mol. The molecule has 0 radical (unpaired) electrons. The van der Waals surface area contributed by atoms with Crippen LogP contribution in [0.5, 0.6) is 0 Å². The van der Waals surface area contributed by atoms with E-state index < -0.39 is 0 Å². The average molecular weight is 489 g/mol. The minimum atomic E-state index is -0.215. The Morgan fingerprint density at radius 1 is 0.714 bits per heavy atom. The molecule has 0 bridgehead atoms. The molecule has 0 spiro atoms. The Labute approximate surface area is 219 Å². The maximum absolute atomic E-state index is 13.6. The first-order valence-electron chi connectivity index (χ1n) is 15.2. The summed E-state index contributed by atoms with van der Waals surface area (Å²) in [7, 11) is 0. The summed E-state index contributed by atoms with van der Waals surface area (Å²) in [6.45, 7) is 22.5. The highest BCUT2D eigenvalue weighted by molar-refractivity contribution is 5.86. The Bertz CT molecular complexity index is 676. The number of hydrogen-bond acceptors (Lipinski definition) is 2. The van der Waals surface area contributed by atoms with E-state index >= 15 is 0 Å². The smallest absolute Gasteiger partial charge is 0.141 e. The Balaban J connectivity index is 1.82. The van der Waals surface area contributed by atoms with E-state index in [0.29, 0.717) is 11.6 Å². The van der Waals surface area contributed by atoms with E-state index in [2.05, 4.69) is 69.2 Å². The molecule has 0 aromatic rings. The van der Waals surface area contributed by atoms with Gasteiger partial charge in [-0.25, -0.2) is 0 Å². The zero-order valence-corrected chi connectivity index (χ0v) is 25.3. The summed E-state index contributed by atoms with van der Waals surface area (Å²) in [5.41, 5.74) is -0.166. The molecule has 0 aromatic carbocycles. The second-order valence-corrected chi connectivity index (χ2v) is 15.4. The second-order valence-electron chi connectivity index (χ2n) is 15.4. The van der Waals surface area contributed by atoms with Gasteiger partial charge in [0, 0.05) is 22.7 Å². The molecule has 2 heteroatoms. The molecule has 35 heavy (non-hydrogen) atoms. The van der Waals surface area contributed by atoms with Crippen molar-refractivity contribution in [1.82, 2.24) is 0 Å². The molecule has 0 saturated heterocycles. The molecule has 0 heterocycles. The summed E-state index contributed by atoms with van der Waals surface area (Å²) in [6.07, 6.45) is 13.8. The third kappa shape index (κ3) is 8.70. The van der Waals surface area contributed by atoms with Gasteiger partial charge in [0.2, 0.25) is 0 Å². The van der Waals surface area contributed by atoms with E-state index in [4.69, 9.17) is 0 Å². The molecule has 2 fully saturated rings. The molecule has 1 atom stereocenters. The van der Waals surface area contributed by atoms with Crippen molar-refractivity contribution in [2.45, 2.75) is 146 Å². The van der Waals surface area contributed by atoms with Crippen molar-refractivity contribution in [3.63, 3.8) is 0 Å². The number of hydrogen-bond donors (Lipinski definition) is 0. The Kier molecular flexibility index (Phi) is 10.7. The largest absolute Gasteiger partial charge is 0.299 e. The predicted molar refractivity (Wildman–Crippen MR) is 150 cm³/mol. The standard InChI is InChI=1S/C33H60O2/c1-11-28(23(2)3)25-16-18-27(19-17-25)30(35)33(9,10)21-20-32(7,8)22-24-12-14-26(15-13-24)29(34)31(4,5)6/h23-28H,11-22H2,1-10H3. The van der Waals surface area contributed by atoms with Gasteiger partial charge in [-0.1, -0.05) is 75.7 Å². The molecule has 0 amide bonds. The molecular formula is C33H60O2. The lowest BCUT2D eigenvalue weighted by Crippen LogP contribution is -2.36. The highest BCUT2D eigenvalue weighted by Crippen LogP contribution is 2.44. The van der Waals surface area contributed by atoms with Crippen LogP contribution in [0.15, 0.2) is 0 Å². The molecule has 2 saturated carbocycles. The van der Waals surface area contributed by atoms with E-state index in [9.17, 15) is 9.59 Å². The fourth-order valence-electron chi connectivity index (χ4n) is 7.61. The zero-order chi connectivity index (χ0) is 26.6. The van der Waals surface area contributed by atoms with Crippen LogP contribution in [0, 0.1) is 51.8 Å². The van der Waals surface area contributed by atoms with Crippen LogP contribution in [0.3, 0.4) is 0 Å². The molecule has 2 aliphatic carbocycles. The molecule has 0 N–H and O–H groups in total. The fourth-order valence-corrected chi connectivity index (χ4v) is 7.61. The first-order valence-corrected chi connectivity index (χ1v) is 15.2. The number of carbonyl (C=O) groups excluding carboxylic acids is 2. The predicted octanol–water partition coefficient (Wildman–Crippen LogP) is 9.69. The highest BCUT2D eigenvalue weighted by atomic mass is 16.1. The lowest BCUT2D eigenvalue weighted by molar-refractivity contribution is -0.133. The maximum Gasteiger partial charge on any atom is 0.141 e. The number of rotatable bonds is 11. The van der Waals surface area contributed by atoms with Gasteiger partial charge in [-0.2, -0.15) is 0 Å². The van der Waals surface area contributed by atoms with Crippen molar-refractivity contribution in [3.05, 3.63) is 0 Å². The third-order valence-electron chi connectivity index (χ3n) is 9.97. The van der Waals surface area contributed by atoms with Gasteiger partial charge in [-0.05, 0) is 99.7 Å². The second kappa shape index (κ2) is 12.3. The van der Waals surface area contributed by atoms with Gasteiger partial charge < -0.3 is 0 Å². The molecule has 0 aliphatic heterocycles. The van der Waals surface area contributed by atoms with Gasteiger partial charge in [0.25, 0.3) is 0 Å². The SMILES string of the molecule is CCC(C(C)C)C1CCC(C(=O)C(C)(C)CCC(C)(C)CC2CCC(C(=O)C(C)(C)C)CC2)CC1. The lowest BCUT2D eigenvalue weighted by Gasteiger charge is -2.39. The van der Waals surface area contributed by atoms with Crippen molar-refractivity contribution < 1.29 is 9.59 Å². The molecule has 204 valence electrons. The van der Waals surface area contributed by atoms with Crippen LogP contribution in [0.2, 0.25) is 0 Å². The van der Waals surface area contributed by atoms with E-state index in [-0.39, 0.29) is 28.1 Å². The van der Waals surface area contributed by atoms with Crippen molar-refractivity contribution in [1.29, 1.82) is 0 Å². The fraction of sp³-hybridized carbons (Fsp3) is 0.939. The van der Waals surface area contributed by atoms with E-state index in [1.807, 2.05) is 0 Å². The Morgan fingerprint density at radius 2 is 1.20 bits per heavy atom. The number of carbonyl (C=O) groups is 2. The van der Waals surface area contributed by atoms with Gasteiger partial charge in [0.1, 0.15) is 11.6 Å². The van der Waals surface area contributed by atoms with Crippen LogP contribution in [0.25, 0.3) is 0 Å². The van der Waals surface area contributed by atoms with Crippen molar-refractivity contribution >= 4 is 11.6 Å². The molecular weight excluding hydrogens is 428 g/mol. The summed E-state index contributed by atoms with van der Waals surface area (Å²) < 4.78 is 0. The Hall–Kier alpha value is -0.660. The van der Waals surface area contributed by atoms with E-state index in [1.54, 1.807) is 0 Å². The van der Waals surface area contributed by atoms with Crippen LogP contribution in [0.4, 0.5) is 0 Å². The van der Waals surface area contributed by atoms with E-state index in [0.717, 1.165) is 62.2 Å². The molecule has 2 nitrogen and oxygen atoms in total. The van der Waals surface area contributed by atoms with Gasteiger partial charge in [-0.3, -0.25) is 9.59 Å². The normalized spacial score (nSPS) is 27.6. The van der Waals surface area contributed by atoms with Crippen LogP contribution < -0.4 is 0 Å². The minimum absolute atomic E-state index is 0.208. The minimum Gasteiger partial charge on any atom is -0.299 e. The number of Topliss-reactive ketones (excluding diaryl/α,β-unsaturated/α-hetero) is 2. The lowest BCUT2D eigenvalue weighted by atomic mass is 9.65.